The van der Waals surface area contributed by atoms with Crippen LogP contribution in [0.4, 0.5) is 10.1 Å². The molecule has 0 saturated heterocycles. The first-order chi connectivity index (χ1) is 8.56. The van der Waals surface area contributed by atoms with Crippen molar-refractivity contribution in [2.24, 2.45) is 0 Å². The summed E-state index contributed by atoms with van der Waals surface area (Å²) in [5.41, 5.74) is 2.74. The Balaban J connectivity index is 2.16. The summed E-state index contributed by atoms with van der Waals surface area (Å²) in [7, 11) is 0. The molecule has 0 fully saturated rings. The molecule has 1 atom stereocenters. The fraction of sp³-hybridized carbons (Fsp3) is 0.231. The zero-order valence-corrected chi connectivity index (χ0v) is 11.7. The van der Waals surface area contributed by atoms with Gasteiger partial charge >= 0.3 is 0 Å². The first kappa shape index (κ1) is 13.0. The first-order valence-electron chi connectivity index (χ1n) is 5.55. The number of aromatic nitrogens is 2. The van der Waals surface area contributed by atoms with Crippen LogP contribution in [-0.2, 0) is 0 Å². The van der Waals surface area contributed by atoms with E-state index in [1.807, 2.05) is 19.9 Å². The highest BCUT2D eigenvalue weighted by Crippen LogP contribution is 2.21. The van der Waals surface area contributed by atoms with Gasteiger partial charge in [0, 0.05) is 6.20 Å². The molecule has 2 rings (SSSR count). The number of aryl methyl sites for hydroxylation is 1. The maximum Gasteiger partial charge on any atom is 0.141 e. The Morgan fingerprint density at radius 2 is 2.06 bits per heavy atom. The highest BCUT2D eigenvalue weighted by Gasteiger charge is 2.07. The average molecular weight is 310 g/mol. The van der Waals surface area contributed by atoms with Gasteiger partial charge < -0.3 is 5.32 Å². The Kier molecular flexibility index (Phi) is 3.91. The van der Waals surface area contributed by atoms with Gasteiger partial charge in [-0.1, -0.05) is 0 Å². The van der Waals surface area contributed by atoms with Crippen molar-refractivity contribution in [2.45, 2.75) is 19.9 Å². The topological polar surface area (TPSA) is 37.8 Å². The molecule has 0 aliphatic heterocycles. The van der Waals surface area contributed by atoms with E-state index < -0.39 is 0 Å². The van der Waals surface area contributed by atoms with E-state index >= 15 is 0 Å². The molecule has 0 aromatic carbocycles. The lowest BCUT2D eigenvalue weighted by molar-refractivity contribution is 0.616. The van der Waals surface area contributed by atoms with Crippen molar-refractivity contribution in [3.63, 3.8) is 0 Å². The van der Waals surface area contributed by atoms with Crippen LogP contribution in [0.3, 0.4) is 0 Å². The number of hydrogen-bond acceptors (Lipinski definition) is 3. The molecule has 0 radical (unpaired) electrons. The normalized spacial score (nSPS) is 12.2. The summed E-state index contributed by atoms with van der Waals surface area (Å²) < 4.78 is 13.9. The van der Waals surface area contributed by atoms with Crippen molar-refractivity contribution < 1.29 is 4.39 Å². The lowest BCUT2D eigenvalue weighted by atomic mass is 10.1. The number of nitrogens with zero attached hydrogens (tertiary/aromatic N) is 2. The van der Waals surface area contributed by atoms with Gasteiger partial charge in [-0.15, -0.1) is 0 Å². The molecule has 0 bridgehead atoms. The molecule has 0 amide bonds. The predicted octanol–water partition coefficient (Wildman–Crippen LogP) is 3.86. The molecule has 0 aliphatic rings. The first-order valence-corrected chi connectivity index (χ1v) is 6.34. The van der Waals surface area contributed by atoms with Crippen LogP contribution in [-0.4, -0.2) is 9.97 Å². The zero-order valence-electron chi connectivity index (χ0n) is 10.1. The minimum absolute atomic E-state index is 0.0319. The third kappa shape index (κ3) is 3.04. The van der Waals surface area contributed by atoms with Gasteiger partial charge in [-0.2, -0.15) is 0 Å². The molecule has 1 unspecified atom stereocenters. The maximum absolute atomic E-state index is 13.1. The van der Waals surface area contributed by atoms with E-state index in [9.17, 15) is 4.39 Å². The van der Waals surface area contributed by atoms with Crippen molar-refractivity contribution >= 4 is 21.6 Å². The van der Waals surface area contributed by atoms with Crippen LogP contribution in [0.15, 0.2) is 35.3 Å². The standard InChI is InChI=1S/C13H13BrFN3/c1-8-3-12(7-17-13(8)14)18-9(2)10-4-11(15)6-16-5-10/h3-7,9,18H,1-2H3. The Morgan fingerprint density at radius 3 is 2.72 bits per heavy atom. The Morgan fingerprint density at radius 1 is 1.28 bits per heavy atom. The molecule has 1 N–H and O–H groups in total. The van der Waals surface area contributed by atoms with E-state index in [0.717, 1.165) is 21.4 Å². The van der Waals surface area contributed by atoms with Crippen molar-refractivity contribution in [1.29, 1.82) is 0 Å². The molecule has 5 heteroatoms. The molecule has 0 saturated carbocycles. The Labute approximate surface area is 114 Å². The van der Waals surface area contributed by atoms with Crippen LogP contribution in [0.5, 0.6) is 0 Å². The molecule has 0 spiro atoms. The van der Waals surface area contributed by atoms with E-state index in [0.29, 0.717) is 0 Å². The molecule has 3 nitrogen and oxygen atoms in total. The molecular formula is C13H13BrFN3. The van der Waals surface area contributed by atoms with E-state index in [1.165, 1.54) is 12.3 Å². The number of halogens is 2. The molecular weight excluding hydrogens is 297 g/mol. The fourth-order valence-corrected chi connectivity index (χ4v) is 1.85. The van der Waals surface area contributed by atoms with Gasteiger partial charge in [0.15, 0.2) is 0 Å². The average Bonchev–Trinajstić information content (AvgIpc) is 2.34. The van der Waals surface area contributed by atoms with Crippen LogP contribution in [0.2, 0.25) is 0 Å². The number of hydrogen-bond donors (Lipinski definition) is 1. The van der Waals surface area contributed by atoms with Gasteiger partial charge in [0.2, 0.25) is 0 Å². The number of pyridine rings is 2. The second kappa shape index (κ2) is 5.44. The largest absolute Gasteiger partial charge is 0.377 e. The van der Waals surface area contributed by atoms with Crippen molar-refractivity contribution in [3.8, 4) is 0 Å². The monoisotopic (exact) mass is 309 g/mol. The van der Waals surface area contributed by atoms with Crippen LogP contribution in [0.25, 0.3) is 0 Å². The third-order valence-corrected chi connectivity index (χ3v) is 3.45. The van der Waals surface area contributed by atoms with Gasteiger partial charge in [-0.25, -0.2) is 9.37 Å². The molecule has 0 aliphatic carbocycles. The minimum atomic E-state index is -0.328. The van der Waals surface area contributed by atoms with Gasteiger partial charge in [0.1, 0.15) is 10.4 Å². The van der Waals surface area contributed by atoms with Crippen molar-refractivity contribution in [1.82, 2.24) is 9.97 Å². The van der Waals surface area contributed by atoms with Gasteiger partial charge in [0.05, 0.1) is 24.1 Å². The molecule has 2 aromatic heterocycles. The minimum Gasteiger partial charge on any atom is -0.377 e. The third-order valence-electron chi connectivity index (χ3n) is 2.62. The highest BCUT2D eigenvalue weighted by molar-refractivity contribution is 9.10. The van der Waals surface area contributed by atoms with Gasteiger partial charge in [-0.3, -0.25) is 4.98 Å². The van der Waals surface area contributed by atoms with E-state index in [2.05, 4.69) is 31.2 Å². The van der Waals surface area contributed by atoms with Crippen molar-refractivity contribution in [2.75, 3.05) is 5.32 Å². The lowest BCUT2D eigenvalue weighted by Crippen LogP contribution is -2.07. The Hall–Kier alpha value is -1.49. The van der Waals surface area contributed by atoms with Crippen molar-refractivity contribution in [3.05, 3.63) is 52.3 Å². The summed E-state index contributed by atoms with van der Waals surface area (Å²) >= 11 is 3.35. The second-order valence-electron chi connectivity index (χ2n) is 4.13. The summed E-state index contributed by atoms with van der Waals surface area (Å²) in [5.74, 6) is -0.328. The van der Waals surface area contributed by atoms with Crippen LogP contribution < -0.4 is 5.32 Å². The summed E-state index contributed by atoms with van der Waals surface area (Å²) in [5, 5.41) is 3.26. The predicted molar refractivity (Wildman–Crippen MR) is 72.9 cm³/mol. The zero-order chi connectivity index (χ0) is 13.1. The summed E-state index contributed by atoms with van der Waals surface area (Å²) in [6.07, 6.45) is 4.59. The summed E-state index contributed by atoms with van der Waals surface area (Å²) in [6, 6.07) is 3.43. The number of nitrogens with one attached hydrogen (secondary N) is 1. The molecule has 2 aromatic rings. The SMILES string of the molecule is Cc1cc(NC(C)c2cncc(F)c2)cnc1Br. The molecule has 2 heterocycles. The quantitative estimate of drug-likeness (QED) is 0.875. The van der Waals surface area contributed by atoms with E-state index in [1.54, 1.807) is 12.4 Å². The summed E-state index contributed by atoms with van der Waals surface area (Å²) in [6.45, 7) is 3.92. The van der Waals surface area contributed by atoms with E-state index in [4.69, 9.17) is 0 Å². The smallest absolute Gasteiger partial charge is 0.141 e. The fourth-order valence-electron chi connectivity index (χ4n) is 1.64. The molecule has 18 heavy (non-hydrogen) atoms. The van der Waals surface area contributed by atoms with Crippen LogP contribution in [0.1, 0.15) is 24.1 Å². The highest BCUT2D eigenvalue weighted by atomic mass is 79.9. The number of rotatable bonds is 3. The van der Waals surface area contributed by atoms with Gasteiger partial charge in [0.25, 0.3) is 0 Å². The van der Waals surface area contributed by atoms with E-state index in [-0.39, 0.29) is 11.9 Å². The number of anilines is 1. The second-order valence-corrected chi connectivity index (χ2v) is 4.89. The maximum atomic E-state index is 13.1. The Bertz CT molecular complexity index is 560. The molecule has 94 valence electrons. The van der Waals surface area contributed by atoms with Crippen LogP contribution >= 0.6 is 15.9 Å². The lowest BCUT2D eigenvalue weighted by Gasteiger charge is -2.15. The summed E-state index contributed by atoms with van der Waals surface area (Å²) in [4.78, 5) is 8.05. The van der Waals surface area contributed by atoms with Gasteiger partial charge in [-0.05, 0) is 53.0 Å². The van der Waals surface area contributed by atoms with Crippen LogP contribution in [0, 0.1) is 12.7 Å².